The molecule has 1 saturated heterocycles. The number of hydrogen-bond acceptors (Lipinski definition) is 4. The molecule has 19 heavy (non-hydrogen) atoms. The fraction of sp³-hybridized carbons (Fsp3) is 0.455. The summed E-state index contributed by atoms with van der Waals surface area (Å²) in [6.45, 7) is 0.575. The molecule has 0 spiro atoms. The van der Waals surface area contributed by atoms with Crippen LogP contribution in [0, 0.1) is 11.6 Å². The minimum absolute atomic E-state index is 0.251. The SMILES string of the molecule is O=S(=O)(NCC1(O)CCNC1)c1cc(F)ccc1F. The molecule has 1 aliphatic heterocycles. The van der Waals surface area contributed by atoms with Gasteiger partial charge < -0.3 is 10.4 Å². The lowest BCUT2D eigenvalue weighted by Crippen LogP contribution is -2.44. The molecule has 1 fully saturated rings. The van der Waals surface area contributed by atoms with Crippen LogP contribution in [-0.4, -0.2) is 38.8 Å². The molecule has 1 unspecified atom stereocenters. The van der Waals surface area contributed by atoms with E-state index in [-0.39, 0.29) is 13.1 Å². The highest BCUT2D eigenvalue weighted by Crippen LogP contribution is 2.18. The van der Waals surface area contributed by atoms with Crippen molar-refractivity contribution in [2.24, 2.45) is 0 Å². The first-order valence-electron chi connectivity index (χ1n) is 5.70. The summed E-state index contributed by atoms with van der Waals surface area (Å²) in [5.74, 6) is -1.88. The standard InChI is InChI=1S/C11H14F2N2O3S/c12-8-1-2-9(13)10(5-8)19(17,18)15-7-11(16)3-4-14-6-11/h1-2,5,14-16H,3-4,6-7H2. The highest BCUT2D eigenvalue weighted by molar-refractivity contribution is 7.89. The molecule has 1 aliphatic rings. The Morgan fingerprint density at radius 1 is 1.42 bits per heavy atom. The Hall–Kier alpha value is -1.09. The average molecular weight is 292 g/mol. The van der Waals surface area contributed by atoms with Gasteiger partial charge in [-0.2, -0.15) is 0 Å². The number of rotatable bonds is 4. The molecule has 5 nitrogen and oxygen atoms in total. The molecule has 1 heterocycles. The summed E-state index contributed by atoms with van der Waals surface area (Å²) in [6, 6.07) is 2.19. The Morgan fingerprint density at radius 2 is 2.16 bits per heavy atom. The Morgan fingerprint density at radius 3 is 2.79 bits per heavy atom. The maximum Gasteiger partial charge on any atom is 0.243 e. The Kier molecular flexibility index (Phi) is 3.86. The number of sulfonamides is 1. The Bertz CT molecular complexity index is 571. The maximum atomic E-state index is 13.4. The molecule has 0 radical (unpaired) electrons. The molecule has 2 rings (SSSR count). The normalized spacial score (nSPS) is 23.7. The van der Waals surface area contributed by atoms with Crippen LogP contribution in [0.5, 0.6) is 0 Å². The van der Waals surface area contributed by atoms with E-state index >= 15 is 0 Å². The van der Waals surface area contributed by atoms with Crippen molar-refractivity contribution >= 4 is 10.0 Å². The molecule has 1 aromatic rings. The van der Waals surface area contributed by atoms with E-state index < -0.39 is 32.2 Å². The molecule has 8 heteroatoms. The van der Waals surface area contributed by atoms with Crippen LogP contribution in [0.3, 0.4) is 0 Å². The van der Waals surface area contributed by atoms with Gasteiger partial charge in [-0.25, -0.2) is 21.9 Å². The number of benzene rings is 1. The van der Waals surface area contributed by atoms with E-state index in [4.69, 9.17) is 0 Å². The number of halogens is 2. The van der Waals surface area contributed by atoms with Crippen LogP contribution in [-0.2, 0) is 10.0 Å². The lowest BCUT2D eigenvalue weighted by atomic mass is 10.1. The smallest absolute Gasteiger partial charge is 0.243 e. The monoisotopic (exact) mass is 292 g/mol. The summed E-state index contributed by atoms with van der Waals surface area (Å²) in [4.78, 5) is -0.762. The molecule has 0 aliphatic carbocycles. The third-order valence-electron chi connectivity index (χ3n) is 3.00. The van der Waals surface area contributed by atoms with Gasteiger partial charge >= 0.3 is 0 Å². The lowest BCUT2D eigenvalue weighted by Gasteiger charge is -2.21. The number of nitrogens with one attached hydrogen (secondary N) is 2. The van der Waals surface area contributed by atoms with Crippen molar-refractivity contribution in [1.29, 1.82) is 0 Å². The molecule has 3 N–H and O–H groups in total. The molecular weight excluding hydrogens is 278 g/mol. The second-order valence-electron chi connectivity index (χ2n) is 4.55. The predicted octanol–water partition coefficient (Wildman–Crippen LogP) is -0.0325. The third-order valence-corrected chi connectivity index (χ3v) is 4.41. The van der Waals surface area contributed by atoms with E-state index in [9.17, 15) is 22.3 Å². The zero-order valence-electron chi connectivity index (χ0n) is 9.99. The fourth-order valence-electron chi connectivity index (χ4n) is 1.87. The lowest BCUT2D eigenvalue weighted by molar-refractivity contribution is 0.0667. The molecule has 106 valence electrons. The van der Waals surface area contributed by atoms with Crippen molar-refractivity contribution in [2.45, 2.75) is 16.9 Å². The van der Waals surface area contributed by atoms with E-state index in [0.29, 0.717) is 19.0 Å². The second-order valence-corrected chi connectivity index (χ2v) is 6.29. The topological polar surface area (TPSA) is 78.4 Å². The van der Waals surface area contributed by atoms with Gasteiger partial charge in [-0.05, 0) is 31.2 Å². The quantitative estimate of drug-likeness (QED) is 0.728. The van der Waals surface area contributed by atoms with Gasteiger partial charge in [-0.3, -0.25) is 0 Å². The van der Waals surface area contributed by atoms with E-state index in [1.54, 1.807) is 0 Å². The van der Waals surface area contributed by atoms with Crippen LogP contribution in [0.25, 0.3) is 0 Å². The first-order chi connectivity index (χ1) is 8.82. The van der Waals surface area contributed by atoms with Crippen molar-refractivity contribution in [1.82, 2.24) is 10.0 Å². The van der Waals surface area contributed by atoms with Crippen LogP contribution < -0.4 is 10.0 Å². The Labute approximate surface area is 109 Å². The van der Waals surface area contributed by atoms with Crippen molar-refractivity contribution in [3.05, 3.63) is 29.8 Å². The largest absolute Gasteiger partial charge is 0.387 e. The van der Waals surface area contributed by atoms with Gasteiger partial charge in [0.05, 0.1) is 5.60 Å². The Balaban J connectivity index is 2.16. The molecule has 0 aromatic heterocycles. The van der Waals surface area contributed by atoms with Gasteiger partial charge in [0.2, 0.25) is 10.0 Å². The van der Waals surface area contributed by atoms with Crippen LogP contribution in [0.15, 0.2) is 23.1 Å². The van der Waals surface area contributed by atoms with Crippen molar-refractivity contribution in [3.63, 3.8) is 0 Å². The summed E-state index contributed by atoms with van der Waals surface area (Å²) >= 11 is 0. The summed E-state index contributed by atoms with van der Waals surface area (Å²) in [5, 5.41) is 12.9. The molecule has 0 saturated carbocycles. The number of hydrogen-bond donors (Lipinski definition) is 3. The molecule has 0 amide bonds. The number of aliphatic hydroxyl groups is 1. The zero-order chi connectivity index (χ0) is 14.1. The molecular formula is C11H14F2N2O3S. The fourth-order valence-corrected chi connectivity index (χ4v) is 3.08. The molecule has 1 aromatic carbocycles. The van der Waals surface area contributed by atoms with Crippen LogP contribution >= 0.6 is 0 Å². The first-order valence-corrected chi connectivity index (χ1v) is 7.19. The maximum absolute atomic E-state index is 13.4. The van der Waals surface area contributed by atoms with Crippen LogP contribution in [0.4, 0.5) is 8.78 Å². The third kappa shape index (κ3) is 3.27. The van der Waals surface area contributed by atoms with Gasteiger partial charge in [0.25, 0.3) is 0 Å². The van der Waals surface area contributed by atoms with Crippen LogP contribution in [0.2, 0.25) is 0 Å². The molecule has 1 atom stereocenters. The first kappa shape index (κ1) is 14.3. The molecule has 0 bridgehead atoms. The summed E-state index contributed by atoms with van der Waals surface area (Å²) in [5.41, 5.74) is -1.20. The highest BCUT2D eigenvalue weighted by atomic mass is 32.2. The van der Waals surface area contributed by atoms with Crippen molar-refractivity contribution in [3.8, 4) is 0 Å². The van der Waals surface area contributed by atoms with Gasteiger partial charge in [-0.15, -0.1) is 0 Å². The van der Waals surface area contributed by atoms with E-state index in [1.807, 2.05) is 0 Å². The van der Waals surface area contributed by atoms with Gasteiger partial charge in [0.15, 0.2) is 0 Å². The van der Waals surface area contributed by atoms with Gasteiger partial charge in [-0.1, -0.05) is 0 Å². The minimum atomic E-state index is -4.19. The summed E-state index contributed by atoms with van der Waals surface area (Å²) in [7, 11) is -4.19. The zero-order valence-corrected chi connectivity index (χ0v) is 10.8. The number of β-amino-alcohol motifs (C(OH)–C–C–N with tert-alkyl or cyclic N) is 1. The average Bonchev–Trinajstić information content (AvgIpc) is 2.78. The predicted molar refractivity (Wildman–Crippen MR) is 64.0 cm³/mol. The van der Waals surface area contributed by atoms with Gasteiger partial charge in [0, 0.05) is 13.1 Å². The van der Waals surface area contributed by atoms with Crippen molar-refractivity contribution < 1.29 is 22.3 Å². The van der Waals surface area contributed by atoms with Gasteiger partial charge in [0.1, 0.15) is 16.5 Å². The summed E-state index contributed by atoms with van der Waals surface area (Å²) in [6.07, 6.45) is 0.390. The van der Waals surface area contributed by atoms with E-state index in [2.05, 4.69) is 10.0 Å². The van der Waals surface area contributed by atoms with Crippen LogP contribution in [0.1, 0.15) is 6.42 Å². The highest BCUT2D eigenvalue weighted by Gasteiger charge is 2.33. The van der Waals surface area contributed by atoms with Crippen molar-refractivity contribution in [2.75, 3.05) is 19.6 Å². The van der Waals surface area contributed by atoms with E-state index in [1.165, 1.54) is 0 Å². The minimum Gasteiger partial charge on any atom is -0.387 e. The summed E-state index contributed by atoms with van der Waals surface area (Å²) < 4.78 is 52.2. The van der Waals surface area contributed by atoms with E-state index in [0.717, 1.165) is 12.1 Å². The second kappa shape index (κ2) is 5.12.